The Labute approximate surface area is 227 Å². The van der Waals surface area contributed by atoms with E-state index in [0.29, 0.717) is 24.7 Å². The van der Waals surface area contributed by atoms with E-state index in [1.807, 2.05) is 18.2 Å². The minimum Gasteiger partial charge on any atom is -0.335 e. The van der Waals surface area contributed by atoms with Crippen molar-refractivity contribution in [2.45, 2.75) is 12.0 Å². The quantitative estimate of drug-likeness (QED) is 0.371. The first kappa shape index (κ1) is 24.5. The van der Waals surface area contributed by atoms with E-state index in [4.69, 9.17) is 28.9 Å². The summed E-state index contributed by atoms with van der Waals surface area (Å²) in [5, 5.41) is 7.51. The van der Waals surface area contributed by atoms with Gasteiger partial charge in [-0.05, 0) is 48.7 Å². The lowest BCUT2D eigenvalue weighted by Crippen LogP contribution is -2.37. The third-order valence-corrected chi connectivity index (χ3v) is 7.60. The smallest absolute Gasteiger partial charge is 0.274 e. The molecular formula is C27H21Cl2FN6O2. The summed E-state index contributed by atoms with van der Waals surface area (Å²) < 4.78 is 15.9. The predicted molar refractivity (Wildman–Crippen MR) is 142 cm³/mol. The van der Waals surface area contributed by atoms with Gasteiger partial charge in [-0.2, -0.15) is 5.10 Å². The van der Waals surface area contributed by atoms with Crippen LogP contribution in [0.1, 0.15) is 27.3 Å². The summed E-state index contributed by atoms with van der Waals surface area (Å²) in [6.45, 7) is 1.06. The number of pyridine rings is 1. The van der Waals surface area contributed by atoms with Gasteiger partial charge in [-0.1, -0.05) is 41.4 Å². The number of fused-ring (bicyclic) bond motifs is 1. The highest BCUT2D eigenvalue weighted by Gasteiger charge is 2.58. The summed E-state index contributed by atoms with van der Waals surface area (Å²) in [6, 6.07) is 16.1. The molecule has 11 heteroatoms. The van der Waals surface area contributed by atoms with Crippen LogP contribution in [0.2, 0.25) is 10.0 Å². The summed E-state index contributed by atoms with van der Waals surface area (Å²) in [7, 11) is 0. The first-order valence-electron chi connectivity index (χ1n) is 11.9. The number of para-hydroxylation sites is 1. The van der Waals surface area contributed by atoms with Crippen LogP contribution in [0.25, 0.3) is 16.9 Å². The maximum atomic E-state index is 14.4. The Balaban J connectivity index is 1.34. The molecule has 1 saturated carbocycles. The molecule has 192 valence electrons. The third kappa shape index (κ3) is 4.32. The molecule has 3 heterocycles. The summed E-state index contributed by atoms with van der Waals surface area (Å²) in [6.07, 6.45) is 2.35. The zero-order valence-electron chi connectivity index (χ0n) is 19.9. The number of carbonyl (C=O) groups excluding carboxylic acids is 2. The Kier molecular flexibility index (Phi) is 5.94. The van der Waals surface area contributed by atoms with Gasteiger partial charge in [-0.3, -0.25) is 14.6 Å². The highest BCUT2D eigenvalue weighted by atomic mass is 35.5. The minimum atomic E-state index is -0.594. The molecule has 2 amide bonds. The number of anilines is 1. The molecule has 1 aliphatic carbocycles. The molecule has 6 rings (SSSR count). The molecule has 2 aliphatic rings. The van der Waals surface area contributed by atoms with E-state index in [-0.39, 0.29) is 49.8 Å². The number of benzene rings is 2. The van der Waals surface area contributed by atoms with Crippen LogP contribution in [-0.4, -0.2) is 50.1 Å². The predicted octanol–water partition coefficient (Wildman–Crippen LogP) is 4.81. The van der Waals surface area contributed by atoms with Crippen LogP contribution in [0.15, 0.2) is 66.9 Å². The number of aromatic nitrogens is 3. The van der Waals surface area contributed by atoms with Gasteiger partial charge >= 0.3 is 0 Å². The Morgan fingerprint density at radius 2 is 1.87 bits per heavy atom. The fraction of sp³-hybridized carbons (Fsp3) is 0.185. The topological polar surface area (TPSA) is 106 Å². The number of carbonyl (C=O) groups is 2. The average molecular weight is 551 g/mol. The van der Waals surface area contributed by atoms with Gasteiger partial charge in [0.1, 0.15) is 17.3 Å². The van der Waals surface area contributed by atoms with Crippen LogP contribution in [0.5, 0.6) is 0 Å². The molecule has 2 aromatic carbocycles. The molecule has 38 heavy (non-hydrogen) atoms. The molecule has 3 N–H and O–H groups in total. The van der Waals surface area contributed by atoms with Crippen molar-refractivity contribution in [3.05, 3.63) is 94.0 Å². The molecule has 2 unspecified atom stereocenters. The summed E-state index contributed by atoms with van der Waals surface area (Å²) in [5.74, 6) is -0.875. The normalized spacial score (nSPS) is 19.8. The van der Waals surface area contributed by atoms with Gasteiger partial charge in [-0.15, -0.1) is 0 Å². The van der Waals surface area contributed by atoms with Crippen molar-refractivity contribution in [2.75, 3.05) is 18.4 Å². The zero-order chi connectivity index (χ0) is 26.6. The Morgan fingerprint density at radius 1 is 1.08 bits per heavy atom. The second-order valence-electron chi connectivity index (χ2n) is 9.58. The number of likely N-dealkylation sites (tertiary alicyclic amines) is 1. The number of amides is 2. The molecule has 2 fully saturated rings. The van der Waals surface area contributed by atoms with Gasteiger partial charge in [0.05, 0.1) is 21.3 Å². The van der Waals surface area contributed by atoms with Gasteiger partial charge in [0.15, 0.2) is 5.69 Å². The highest BCUT2D eigenvalue weighted by molar-refractivity contribution is 6.38. The van der Waals surface area contributed by atoms with Gasteiger partial charge in [0.25, 0.3) is 11.8 Å². The van der Waals surface area contributed by atoms with Crippen molar-refractivity contribution >= 4 is 40.8 Å². The molecule has 1 saturated heterocycles. The number of nitrogens with one attached hydrogen (secondary N) is 1. The van der Waals surface area contributed by atoms with E-state index in [9.17, 15) is 14.0 Å². The lowest BCUT2D eigenvalue weighted by molar-refractivity contribution is 0.0766. The maximum absolute atomic E-state index is 14.4. The van der Waals surface area contributed by atoms with Crippen molar-refractivity contribution < 1.29 is 14.0 Å². The van der Waals surface area contributed by atoms with Crippen molar-refractivity contribution in [1.29, 1.82) is 0 Å². The first-order chi connectivity index (χ1) is 18.2. The molecule has 0 spiro atoms. The van der Waals surface area contributed by atoms with Gasteiger partial charge < -0.3 is 16.0 Å². The van der Waals surface area contributed by atoms with Crippen LogP contribution in [0.3, 0.4) is 0 Å². The lowest BCUT2D eigenvalue weighted by Gasteiger charge is -2.17. The zero-order valence-corrected chi connectivity index (χ0v) is 21.4. The molecule has 4 aromatic rings. The van der Waals surface area contributed by atoms with E-state index in [1.54, 1.807) is 17.0 Å². The average Bonchev–Trinajstić information content (AvgIpc) is 3.20. The van der Waals surface area contributed by atoms with E-state index >= 15 is 0 Å². The minimum absolute atomic E-state index is 0.00763. The monoisotopic (exact) mass is 550 g/mol. The van der Waals surface area contributed by atoms with Crippen molar-refractivity contribution in [3.8, 4) is 16.9 Å². The fourth-order valence-electron chi connectivity index (χ4n) is 4.86. The molecule has 0 bridgehead atoms. The van der Waals surface area contributed by atoms with Crippen molar-refractivity contribution in [2.24, 2.45) is 11.7 Å². The number of nitrogens with two attached hydrogens (primary N) is 1. The van der Waals surface area contributed by atoms with Crippen LogP contribution < -0.4 is 11.1 Å². The van der Waals surface area contributed by atoms with Crippen molar-refractivity contribution in [1.82, 2.24) is 19.7 Å². The third-order valence-electron chi connectivity index (χ3n) is 6.98. The number of rotatable bonds is 5. The number of nitrogens with zero attached hydrogens (tertiary/aromatic N) is 4. The van der Waals surface area contributed by atoms with E-state index in [0.717, 1.165) is 6.42 Å². The van der Waals surface area contributed by atoms with E-state index in [1.165, 1.54) is 41.2 Å². The largest absolute Gasteiger partial charge is 0.335 e. The number of piperidine rings is 1. The molecule has 8 nitrogen and oxygen atoms in total. The standard InChI is InChI=1S/C27H21Cl2FN6O2/c28-19-10-20(29)18(9-17(19)24-21(30)7-4-8-32-24)25(37)33-23-11-22(34-36(23)16-5-2-1-3-6-16)26(38)35-13-15-12-27(15,31)14-35/h1-11,15H,12-14,31H2,(H,33,37). The number of hydrogen-bond acceptors (Lipinski definition) is 5. The van der Waals surface area contributed by atoms with Crippen LogP contribution in [0.4, 0.5) is 10.2 Å². The van der Waals surface area contributed by atoms with E-state index in [2.05, 4.69) is 15.4 Å². The van der Waals surface area contributed by atoms with Crippen LogP contribution >= 0.6 is 23.2 Å². The number of hydrogen-bond donors (Lipinski definition) is 2. The Morgan fingerprint density at radius 3 is 2.58 bits per heavy atom. The maximum Gasteiger partial charge on any atom is 0.274 e. The summed E-state index contributed by atoms with van der Waals surface area (Å²) >= 11 is 12.7. The van der Waals surface area contributed by atoms with Gasteiger partial charge in [0, 0.05) is 36.5 Å². The molecule has 2 atom stereocenters. The highest BCUT2D eigenvalue weighted by Crippen LogP contribution is 2.47. The second-order valence-corrected chi connectivity index (χ2v) is 10.4. The summed E-state index contributed by atoms with van der Waals surface area (Å²) in [5.41, 5.74) is 7.05. The van der Waals surface area contributed by atoms with Crippen LogP contribution in [-0.2, 0) is 0 Å². The second kappa shape index (κ2) is 9.20. The lowest BCUT2D eigenvalue weighted by atomic mass is 10.1. The number of halogens is 3. The summed E-state index contributed by atoms with van der Waals surface area (Å²) in [4.78, 5) is 32.4. The van der Waals surface area contributed by atoms with Crippen LogP contribution in [0, 0.1) is 11.7 Å². The van der Waals surface area contributed by atoms with Gasteiger partial charge in [0.2, 0.25) is 0 Å². The SMILES string of the molecule is NC12CC1CN(C(=O)c1cc(NC(=O)c3cc(-c4ncccc4F)c(Cl)cc3Cl)n(-c3ccccc3)n1)C2. The van der Waals surface area contributed by atoms with E-state index < -0.39 is 11.7 Å². The van der Waals surface area contributed by atoms with Gasteiger partial charge in [-0.25, -0.2) is 9.07 Å². The fourth-order valence-corrected chi connectivity index (χ4v) is 5.41. The molecule has 1 aliphatic heterocycles. The Hall–Kier alpha value is -3.79. The molecule has 0 radical (unpaired) electrons. The Bertz CT molecular complexity index is 1590. The van der Waals surface area contributed by atoms with Crippen molar-refractivity contribution in [3.63, 3.8) is 0 Å². The molecular weight excluding hydrogens is 530 g/mol. The first-order valence-corrected chi connectivity index (χ1v) is 12.6. The molecule has 2 aromatic heterocycles.